The number of carbonyl (C=O) groups is 3. The smallest absolute Gasteiger partial charge is 0.251 e. The van der Waals surface area contributed by atoms with Crippen molar-refractivity contribution >= 4 is 50.1 Å². The number of nitrogens with zero attached hydrogens (tertiary/aromatic N) is 1. The molecule has 3 N–H and O–H groups in total. The maximum atomic E-state index is 12.2. The molecule has 7 nitrogen and oxygen atoms in total. The van der Waals surface area contributed by atoms with Crippen LogP contribution in [0, 0.1) is 6.92 Å². The van der Waals surface area contributed by atoms with Gasteiger partial charge < -0.3 is 16.0 Å². The standard InChI is InChI=1S/C19H18N4O3S/c1-11-5-3-4-6-14(11)18(26)20-10-17(25)23-19-22-15-8-7-13(21-12(2)24)9-16(15)27-19/h3-9H,10H2,1-2H3,(H,20,26)(H,21,24)(H,22,23,25). The van der Waals surface area contributed by atoms with Crippen LogP contribution in [0.4, 0.5) is 10.8 Å². The van der Waals surface area contributed by atoms with Gasteiger partial charge in [-0.25, -0.2) is 4.98 Å². The summed E-state index contributed by atoms with van der Waals surface area (Å²) in [5, 5.41) is 8.42. The van der Waals surface area contributed by atoms with Crippen molar-refractivity contribution in [1.82, 2.24) is 10.3 Å². The van der Waals surface area contributed by atoms with Crippen molar-refractivity contribution < 1.29 is 14.4 Å². The number of aromatic nitrogens is 1. The van der Waals surface area contributed by atoms with Crippen molar-refractivity contribution in [2.75, 3.05) is 17.2 Å². The number of hydrogen-bond donors (Lipinski definition) is 3. The molecule has 0 unspecified atom stereocenters. The van der Waals surface area contributed by atoms with E-state index in [-0.39, 0.29) is 24.3 Å². The van der Waals surface area contributed by atoms with Gasteiger partial charge in [-0.2, -0.15) is 0 Å². The fourth-order valence-electron chi connectivity index (χ4n) is 2.51. The van der Waals surface area contributed by atoms with Crippen LogP contribution < -0.4 is 16.0 Å². The summed E-state index contributed by atoms with van der Waals surface area (Å²) in [4.78, 5) is 39.7. The Kier molecular flexibility index (Phi) is 5.46. The Morgan fingerprint density at radius 2 is 1.85 bits per heavy atom. The number of amides is 3. The van der Waals surface area contributed by atoms with Crippen LogP contribution in [0.5, 0.6) is 0 Å². The van der Waals surface area contributed by atoms with E-state index in [9.17, 15) is 14.4 Å². The molecule has 2 aromatic carbocycles. The minimum atomic E-state index is -0.363. The third kappa shape index (κ3) is 4.68. The van der Waals surface area contributed by atoms with Crippen molar-refractivity contribution in [2.24, 2.45) is 0 Å². The highest BCUT2D eigenvalue weighted by Gasteiger charge is 2.12. The van der Waals surface area contributed by atoms with E-state index in [2.05, 4.69) is 20.9 Å². The van der Waals surface area contributed by atoms with Gasteiger partial charge in [-0.1, -0.05) is 29.5 Å². The summed E-state index contributed by atoms with van der Waals surface area (Å²) < 4.78 is 0.834. The average molecular weight is 382 g/mol. The monoisotopic (exact) mass is 382 g/mol. The Morgan fingerprint density at radius 1 is 1.07 bits per heavy atom. The highest BCUT2D eigenvalue weighted by molar-refractivity contribution is 7.22. The van der Waals surface area contributed by atoms with E-state index in [0.717, 1.165) is 10.3 Å². The molecule has 0 atom stereocenters. The number of anilines is 2. The molecule has 0 fully saturated rings. The van der Waals surface area contributed by atoms with Gasteiger partial charge in [-0.15, -0.1) is 0 Å². The summed E-state index contributed by atoms with van der Waals surface area (Å²) in [6.45, 7) is 3.12. The Hall–Kier alpha value is -3.26. The zero-order chi connectivity index (χ0) is 19.4. The first-order valence-electron chi connectivity index (χ1n) is 8.24. The van der Waals surface area contributed by atoms with Gasteiger partial charge in [-0.3, -0.25) is 14.4 Å². The number of hydrogen-bond acceptors (Lipinski definition) is 5. The van der Waals surface area contributed by atoms with Crippen molar-refractivity contribution in [3.8, 4) is 0 Å². The molecule has 1 heterocycles. The molecule has 3 amide bonds. The summed E-state index contributed by atoms with van der Waals surface area (Å²) in [7, 11) is 0. The summed E-state index contributed by atoms with van der Waals surface area (Å²) in [5.41, 5.74) is 2.77. The highest BCUT2D eigenvalue weighted by atomic mass is 32.1. The number of fused-ring (bicyclic) bond motifs is 1. The van der Waals surface area contributed by atoms with E-state index in [1.54, 1.807) is 30.3 Å². The first-order valence-corrected chi connectivity index (χ1v) is 9.06. The lowest BCUT2D eigenvalue weighted by molar-refractivity contribution is -0.115. The van der Waals surface area contributed by atoms with Gasteiger partial charge >= 0.3 is 0 Å². The number of thiazole rings is 1. The van der Waals surface area contributed by atoms with E-state index in [4.69, 9.17) is 0 Å². The molecule has 0 saturated heterocycles. The zero-order valence-corrected chi connectivity index (χ0v) is 15.6. The predicted octanol–water partition coefficient (Wildman–Crippen LogP) is 2.93. The minimum absolute atomic E-state index is 0.153. The summed E-state index contributed by atoms with van der Waals surface area (Å²) in [5.74, 6) is -0.817. The SMILES string of the molecule is CC(=O)Nc1ccc2nc(NC(=O)CNC(=O)c3ccccc3C)sc2c1. The van der Waals surface area contributed by atoms with Crippen LogP contribution in [0.15, 0.2) is 42.5 Å². The second-order valence-corrected chi connectivity index (χ2v) is 6.96. The fourth-order valence-corrected chi connectivity index (χ4v) is 3.43. The van der Waals surface area contributed by atoms with Crippen molar-refractivity contribution in [3.63, 3.8) is 0 Å². The van der Waals surface area contributed by atoms with E-state index in [1.807, 2.05) is 19.1 Å². The summed E-state index contributed by atoms with van der Waals surface area (Å²) in [6.07, 6.45) is 0. The van der Waals surface area contributed by atoms with Crippen LogP contribution in [-0.2, 0) is 9.59 Å². The number of aryl methyl sites for hydroxylation is 1. The molecule has 0 aliphatic rings. The third-order valence-electron chi connectivity index (χ3n) is 3.75. The molecule has 27 heavy (non-hydrogen) atoms. The van der Waals surface area contributed by atoms with Gasteiger partial charge in [0, 0.05) is 18.2 Å². The van der Waals surface area contributed by atoms with Gasteiger partial charge in [0.05, 0.1) is 16.8 Å². The maximum Gasteiger partial charge on any atom is 0.251 e. The Labute approximate surface area is 159 Å². The van der Waals surface area contributed by atoms with Gasteiger partial charge in [0.1, 0.15) is 0 Å². The van der Waals surface area contributed by atoms with Crippen LogP contribution in [0.3, 0.4) is 0 Å². The topological polar surface area (TPSA) is 100 Å². The van der Waals surface area contributed by atoms with Crippen LogP contribution in [0.1, 0.15) is 22.8 Å². The molecule has 0 aliphatic heterocycles. The molecule has 0 bridgehead atoms. The molecular formula is C19H18N4O3S. The molecule has 0 aliphatic carbocycles. The first kappa shape index (κ1) is 18.5. The van der Waals surface area contributed by atoms with Crippen LogP contribution in [0.2, 0.25) is 0 Å². The molecular weight excluding hydrogens is 364 g/mol. The lowest BCUT2D eigenvalue weighted by Gasteiger charge is -2.07. The van der Waals surface area contributed by atoms with Gasteiger partial charge in [0.2, 0.25) is 11.8 Å². The van der Waals surface area contributed by atoms with E-state index in [1.165, 1.54) is 18.3 Å². The van der Waals surface area contributed by atoms with Crippen molar-refractivity contribution in [2.45, 2.75) is 13.8 Å². The second-order valence-electron chi connectivity index (χ2n) is 5.93. The Bertz CT molecular complexity index is 1030. The van der Waals surface area contributed by atoms with Crippen LogP contribution in [0.25, 0.3) is 10.2 Å². The lowest BCUT2D eigenvalue weighted by Crippen LogP contribution is -2.33. The normalized spacial score (nSPS) is 10.4. The quantitative estimate of drug-likeness (QED) is 0.632. The highest BCUT2D eigenvalue weighted by Crippen LogP contribution is 2.28. The van der Waals surface area contributed by atoms with E-state index in [0.29, 0.717) is 21.9 Å². The van der Waals surface area contributed by atoms with Gasteiger partial charge in [-0.05, 0) is 36.8 Å². The summed E-state index contributed by atoms with van der Waals surface area (Å²) in [6, 6.07) is 12.5. The molecule has 8 heteroatoms. The van der Waals surface area contributed by atoms with Gasteiger partial charge in [0.15, 0.2) is 5.13 Å². The largest absolute Gasteiger partial charge is 0.343 e. The fraction of sp³-hybridized carbons (Fsp3) is 0.158. The molecule has 0 spiro atoms. The maximum absolute atomic E-state index is 12.2. The average Bonchev–Trinajstić information content (AvgIpc) is 3.01. The Morgan fingerprint density at radius 3 is 2.59 bits per heavy atom. The number of nitrogens with one attached hydrogen (secondary N) is 3. The molecule has 3 aromatic rings. The minimum Gasteiger partial charge on any atom is -0.343 e. The molecule has 138 valence electrons. The molecule has 3 rings (SSSR count). The molecule has 0 radical (unpaired) electrons. The number of rotatable bonds is 5. The Balaban J connectivity index is 1.61. The van der Waals surface area contributed by atoms with Crippen molar-refractivity contribution in [1.29, 1.82) is 0 Å². The lowest BCUT2D eigenvalue weighted by atomic mass is 10.1. The predicted molar refractivity (Wildman–Crippen MR) is 106 cm³/mol. The second kappa shape index (κ2) is 7.96. The third-order valence-corrected chi connectivity index (χ3v) is 4.69. The van der Waals surface area contributed by atoms with E-state index < -0.39 is 0 Å². The first-order chi connectivity index (χ1) is 12.9. The van der Waals surface area contributed by atoms with Gasteiger partial charge in [0.25, 0.3) is 5.91 Å². The molecule has 1 aromatic heterocycles. The van der Waals surface area contributed by atoms with Crippen molar-refractivity contribution in [3.05, 3.63) is 53.6 Å². The molecule has 0 saturated carbocycles. The number of carbonyl (C=O) groups excluding carboxylic acids is 3. The zero-order valence-electron chi connectivity index (χ0n) is 14.8. The van der Waals surface area contributed by atoms with Crippen LogP contribution in [-0.4, -0.2) is 29.3 Å². The van der Waals surface area contributed by atoms with Crippen LogP contribution >= 0.6 is 11.3 Å². The number of benzene rings is 2. The summed E-state index contributed by atoms with van der Waals surface area (Å²) >= 11 is 1.29. The van der Waals surface area contributed by atoms with E-state index >= 15 is 0 Å².